The Morgan fingerprint density at radius 2 is 1.70 bits per heavy atom. The number of nitrogens with zero attached hydrogens (tertiary/aromatic N) is 2. The Morgan fingerprint density at radius 3 is 2.36 bits per heavy atom. The number of rotatable bonds is 8. The van der Waals surface area contributed by atoms with E-state index in [0.29, 0.717) is 18.6 Å². The average Bonchev–Trinajstić information content (AvgIpc) is 3.37. The van der Waals surface area contributed by atoms with Crippen LogP contribution in [0.2, 0.25) is 0 Å². The third-order valence-electron chi connectivity index (χ3n) is 6.21. The molecule has 1 saturated heterocycles. The Balaban J connectivity index is 0.00000306. The van der Waals surface area contributed by atoms with Crippen molar-refractivity contribution in [3.63, 3.8) is 0 Å². The van der Waals surface area contributed by atoms with E-state index < -0.39 is 0 Å². The molecule has 6 heteroatoms. The predicted molar refractivity (Wildman–Crippen MR) is 146 cm³/mol. The summed E-state index contributed by atoms with van der Waals surface area (Å²) in [5.41, 5.74) is 2.61. The van der Waals surface area contributed by atoms with Crippen molar-refractivity contribution < 1.29 is 4.42 Å². The van der Waals surface area contributed by atoms with Crippen molar-refractivity contribution in [1.82, 2.24) is 15.5 Å². The van der Waals surface area contributed by atoms with Gasteiger partial charge in [0.2, 0.25) is 0 Å². The molecule has 2 heterocycles. The quantitative estimate of drug-likeness (QED) is 0.221. The molecular weight excluding hydrogens is 523 g/mol. The number of nitrogens with one attached hydrogen (secondary N) is 2. The third-order valence-corrected chi connectivity index (χ3v) is 6.21. The van der Waals surface area contributed by atoms with Crippen LogP contribution in [0.25, 0.3) is 0 Å². The lowest BCUT2D eigenvalue weighted by atomic mass is 10.0. The van der Waals surface area contributed by atoms with Crippen molar-refractivity contribution in [1.29, 1.82) is 0 Å². The van der Waals surface area contributed by atoms with Gasteiger partial charge in [-0.25, -0.2) is 4.99 Å². The molecule has 1 aromatic heterocycles. The predicted octanol–water partition coefficient (Wildman–Crippen LogP) is 5.40. The van der Waals surface area contributed by atoms with Gasteiger partial charge in [0.15, 0.2) is 5.96 Å². The largest absolute Gasteiger partial charge is 0.469 e. The zero-order valence-corrected chi connectivity index (χ0v) is 21.7. The summed E-state index contributed by atoms with van der Waals surface area (Å²) < 4.78 is 5.46. The number of hydrogen-bond acceptors (Lipinski definition) is 3. The van der Waals surface area contributed by atoms with Crippen molar-refractivity contribution in [3.8, 4) is 0 Å². The fraction of sp³-hybridized carbons (Fsp3) is 0.370. The van der Waals surface area contributed by atoms with Crippen LogP contribution in [0.1, 0.15) is 42.7 Å². The van der Waals surface area contributed by atoms with Crippen molar-refractivity contribution in [2.24, 2.45) is 4.99 Å². The van der Waals surface area contributed by atoms with E-state index >= 15 is 0 Å². The van der Waals surface area contributed by atoms with E-state index in [4.69, 9.17) is 9.41 Å². The summed E-state index contributed by atoms with van der Waals surface area (Å²) in [7, 11) is 0. The van der Waals surface area contributed by atoms with Gasteiger partial charge in [-0.05, 0) is 43.0 Å². The number of aliphatic imine (C=N–C) groups is 1. The van der Waals surface area contributed by atoms with Crippen LogP contribution in [0.5, 0.6) is 0 Å². The molecule has 1 fully saturated rings. The van der Waals surface area contributed by atoms with Gasteiger partial charge in [0.1, 0.15) is 5.76 Å². The third kappa shape index (κ3) is 7.89. The lowest BCUT2D eigenvalue weighted by Gasteiger charge is -2.37. The maximum atomic E-state index is 5.46. The fourth-order valence-corrected chi connectivity index (χ4v) is 4.23. The topological polar surface area (TPSA) is 52.8 Å². The van der Waals surface area contributed by atoms with Crippen LogP contribution in [-0.2, 0) is 13.0 Å². The highest BCUT2D eigenvalue weighted by Crippen LogP contribution is 2.24. The van der Waals surface area contributed by atoms with Gasteiger partial charge in [-0.1, -0.05) is 60.7 Å². The second-order valence-corrected chi connectivity index (χ2v) is 8.45. The number of halogens is 1. The van der Waals surface area contributed by atoms with E-state index in [1.165, 1.54) is 11.1 Å². The molecule has 0 saturated carbocycles. The molecule has 1 aliphatic rings. The molecule has 2 aromatic carbocycles. The minimum absolute atomic E-state index is 0. The highest BCUT2D eigenvalue weighted by molar-refractivity contribution is 14.0. The fourth-order valence-electron chi connectivity index (χ4n) is 4.23. The monoisotopic (exact) mass is 558 g/mol. The van der Waals surface area contributed by atoms with Crippen molar-refractivity contribution in [2.45, 2.75) is 44.8 Å². The van der Waals surface area contributed by atoms with Gasteiger partial charge in [-0.15, -0.1) is 24.0 Å². The Kier molecular flexibility index (Phi) is 10.3. The second-order valence-electron chi connectivity index (χ2n) is 8.45. The number of piperidine rings is 1. The van der Waals surface area contributed by atoms with Crippen molar-refractivity contribution in [2.75, 3.05) is 19.6 Å². The summed E-state index contributed by atoms with van der Waals surface area (Å²) in [6, 6.07) is 26.0. The Labute approximate surface area is 214 Å². The van der Waals surface area contributed by atoms with E-state index in [1.54, 1.807) is 6.26 Å². The lowest BCUT2D eigenvalue weighted by molar-refractivity contribution is 0.158. The molecule has 0 amide bonds. The van der Waals surface area contributed by atoms with Crippen molar-refractivity contribution >= 4 is 29.9 Å². The summed E-state index contributed by atoms with van der Waals surface area (Å²) in [4.78, 5) is 7.44. The molecule has 176 valence electrons. The molecule has 1 atom stereocenters. The number of furan rings is 1. The zero-order chi connectivity index (χ0) is 22.0. The normalized spacial score (nSPS) is 16.1. The standard InChI is InChI=1S/C27H34N4O.HI/c1-22(24-11-6-3-7-12-24)31-18-15-25(16-19-31)30-27(28-17-14-26-13-8-20-32-26)29-21-23-9-4-2-5-10-23;/h2-13,20,22,25H,14-19,21H2,1H3,(H2,28,29,30);1H. The lowest BCUT2D eigenvalue weighted by Crippen LogP contribution is -2.49. The minimum Gasteiger partial charge on any atom is -0.469 e. The first-order valence-corrected chi connectivity index (χ1v) is 11.7. The molecule has 0 radical (unpaired) electrons. The molecule has 4 rings (SSSR count). The van der Waals surface area contributed by atoms with Crippen LogP contribution in [0.15, 0.2) is 88.5 Å². The maximum absolute atomic E-state index is 5.46. The van der Waals surface area contributed by atoms with Gasteiger partial charge in [0.25, 0.3) is 0 Å². The smallest absolute Gasteiger partial charge is 0.191 e. The van der Waals surface area contributed by atoms with E-state index in [0.717, 1.165) is 50.6 Å². The summed E-state index contributed by atoms with van der Waals surface area (Å²) >= 11 is 0. The van der Waals surface area contributed by atoms with Crippen LogP contribution in [-0.4, -0.2) is 36.5 Å². The SMILES string of the molecule is CC(c1ccccc1)N1CCC(NC(=NCc2ccccc2)NCCc2ccco2)CC1.I. The minimum atomic E-state index is 0. The van der Waals surface area contributed by atoms with Gasteiger partial charge >= 0.3 is 0 Å². The highest BCUT2D eigenvalue weighted by Gasteiger charge is 2.24. The van der Waals surface area contributed by atoms with Crippen LogP contribution < -0.4 is 10.6 Å². The van der Waals surface area contributed by atoms with Gasteiger partial charge < -0.3 is 15.1 Å². The maximum Gasteiger partial charge on any atom is 0.191 e. The Morgan fingerprint density at radius 1 is 1.00 bits per heavy atom. The molecule has 2 N–H and O–H groups in total. The van der Waals surface area contributed by atoms with Crippen LogP contribution in [0, 0.1) is 0 Å². The second kappa shape index (κ2) is 13.4. The van der Waals surface area contributed by atoms with E-state index in [2.05, 4.69) is 77.1 Å². The number of likely N-dealkylation sites (tertiary alicyclic amines) is 1. The van der Waals surface area contributed by atoms with E-state index in [9.17, 15) is 0 Å². The average molecular weight is 559 g/mol. The first-order chi connectivity index (χ1) is 15.8. The molecular formula is C27H35IN4O. The zero-order valence-electron chi connectivity index (χ0n) is 19.3. The number of hydrogen-bond donors (Lipinski definition) is 2. The molecule has 0 bridgehead atoms. The molecule has 33 heavy (non-hydrogen) atoms. The molecule has 0 spiro atoms. The van der Waals surface area contributed by atoms with E-state index in [-0.39, 0.29) is 24.0 Å². The van der Waals surface area contributed by atoms with Gasteiger partial charge in [0.05, 0.1) is 12.8 Å². The van der Waals surface area contributed by atoms with Crippen LogP contribution >= 0.6 is 24.0 Å². The number of benzene rings is 2. The highest BCUT2D eigenvalue weighted by atomic mass is 127. The number of guanidine groups is 1. The Hall–Kier alpha value is -2.32. The van der Waals surface area contributed by atoms with Gasteiger partial charge in [-0.2, -0.15) is 0 Å². The molecule has 5 nitrogen and oxygen atoms in total. The first-order valence-electron chi connectivity index (χ1n) is 11.7. The van der Waals surface area contributed by atoms with E-state index in [1.807, 2.05) is 18.2 Å². The van der Waals surface area contributed by atoms with Gasteiger partial charge in [0, 0.05) is 38.1 Å². The summed E-state index contributed by atoms with van der Waals surface area (Å²) in [6.45, 7) is 5.95. The molecule has 1 unspecified atom stereocenters. The first kappa shape index (κ1) is 25.3. The summed E-state index contributed by atoms with van der Waals surface area (Å²) in [5, 5.41) is 7.19. The molecule has 0 aliphatic carbocycles. The Bertz CT molecular complexity index is 939. The van der Waals surface area contributed by atoms with Crippen molar-refractivity contribution in [3.05, 3.63) is 95.9 Å². The van der Waals surface area contributed by atoms with Gasteiger partial charge in [-0.3, -0.25) is 4.90 Å². The summed E-state index contributed by atoms with van der Waals surface area (Å²) in [5.74, 6) is 1.87. The molecule has 3 aromatic rings. The summed E-state index contributed by atoms with van der Waals surface area (Å²) in [6.07, 6.45) is 4.79. The van der Waals surface area contributed by atoms with Crippen LogP contribution in [0.4, 0.5) is 0 Å². The molecule has 1 aliphatic heterocycles. The van der Waals surface area contributed by atoms with Crippen LogP contribution in [0.3, 0.4) is 0 Å².